The van der Waals surface area contributed by atoms with Crippen LogP contribution in [0.1, 0.15) is 22.0 Å². The van der Waals surface area contributed by atoms with Crippen molar-refractivity contribution in [2.45, 2.75) is 6.04 Å². The molecular formula is C18H19BrN2O. The van der Waals surface area contributed by atoms with Crippen molar-refractivity contribution in [1.29, 1.82) is 0 Å². The van der Waals surface area contributed by atoms with Gasteiger partial charge in [-0.1, -0.05) is 46.3 Å². The number of piperazine rings is 1. The maximum absolute atomic E-state index is 12.9. The van der Waals surface area contributed by atoms with E-state index in [1.165, 1.54) is 5.56 Å². The molecule has 1 heterocycles. The van der Waals surface area contributed by atoms with E-state index >= 15 is 0 Å². The van der Waals surface area contributed by atoms with E-state index in [-0.39, 0.29) is 11.9 Å². The van der Waals surface area contributed by atoms with Crippen molar-refractivity contribution >= 4 is 21.8 Å². The average molecular weight is 359 g/mol. The molecule has 1 amide bonds. The molecule has 1 aliphatic heterocycles. The average Bonchev–Trinajstić information content (AvgIpc) is 2.56. The fraction of sp³-hybridized carbons (Fsp3) is 0.278. The molecule has 2 aromatic carbocycles. The Balaban J connectivity index is 1.89. The summed E-state index contributed by atoms with van der Waals surface area (Å²) in [5.41, 5.74) is 1.94. The lowest BCUT2D eigenvalue weighted by Gasteiger charge is -2.40. The summed E-state index contributed by atoms with van der Waals surface area (Å²) in [6.07, 6.45) is 0. The quantitative estimate of drug-likeness (QED) is 0.818. The van der Waals surface area contributed by atoms with Gasteiger partial charge >= 0.3 is 0 Å². The highest BCUT2D eigenvalue weighted by atomic mass is 79.9. The van der Waals surface area contributed by atoms with Crippen LogP contribution in [0.15, 0.2) is 59.1 Å². The van der Waals surface area contributed by atoms with Crippen LogP contribution >= 0.6 is 15.9 Å². The van der Waals surface area contributed by atoms with Gasteiger partial charge in [0.15, 0.2) is 0 Å². The molecule has 0 N–H and O–H groups in total. The van der Waals surface area contributed by atoms with Gasteiger partial charge in [0.25, 0.3) is 5.91 Å². The zero-order valence-electron chi connectivity index (χ0n) is 12.6. The van der Waals surface area contributed by atoms with Crippen molar-refractivity contribution in [3.63, 3.8) is 0 Å². The SMILES string of the molecule is CN1CCN(C(=O)c2ccc(Br)cc2)[C@@H](c2ccccc2)C1. The lowest BCUT2D eigenvalue weighted by molar-refractivity contribution is 0.0498. The second-order valence-corrected chi connectivity index (χ2v) is 6.61. The summed E-state index contributed by atoms with van der Waals surface area (Å²) in [5, 5.41) is 0. The van der Waals surface area contributed by atoms with Crippen molar-refractivity contribution < 1.29 is 4.79 Å². The number of likely N-dealkylation sites (N-methyl/N-ethyl adjacent to an activating group) is 1. The minimum absolute atomic E-state index is 0.106. The third-order valence-electron chi connectivity index (χ3n) is 4.12. The number of rotatable bonds is 2. The number of hydrogen-bond acceptors (Lipinski definition) is 2. The van der Waals surface area contributed by atoms with E-state index in [4.69, 9.17) is 0 Å². The van der Waals surface area contributed by atoms with Gasteiger partial charge in [0.2, 0.25) is 0 Å². The number of nitrogens with zero attached hydrogens (tertiary/aromatic N) is 2. The molecule has 0 aliphatic carbocycles. The molecule has 0 saturated carbocycles. The molecule has 3 rings (SSSR count). The lowest BCUT2D eigenvalue weighted by atomic mass is 10.0. The molecule has 114 valence electrons. The van der Waals surface area contributed by atoms with Crippen molar-refractivity contribution in [1.82, 2.24) is 9.80 Å². The monoisotopic (exact) mass is 358 g/mol. The topological polar surface area (TPSA) is 23.6 Å². The fourth-order valence-electron chi connectivity index (χ4n) is 2.88. The van der Waals surface area contributed by atoms with E-state index in [0.717, 1.165) is 29.7 Å². The molecule has 3 nitrogen and oxygen atoms in total. The summed E-state index contributed by atoms with van der Waals surface area (Å²) >= 11 is 3.42. The number of halogens is 1. The standard InChI is InChI=1S/C18H19BrN2O/c1-20-11-12-21(17(13-20)14-5-3-2-4-6-14)18(22)15-7-9-16(19)10-8-15/h2-10,17H,11-13H2,1H3/t17-/m1/s1. The van der Waals surface area contributed by atoms with Crippen LogP contribution < -0.4 is 0 Å². The molecule has 1 saturated heterocycles. The molecular weight excluding hydrogens is 340 g/mol. The van der Waals surface area contributed by atoms with Gasteiger partial charge < -0.3 is 9.80 Å². The first-order valence-electron chi connectivity index (χ1n) is 7.45. The number of carbonyl (C=O) groups is 1. The highest BCUT2D eigenvalue weighted by molar-refractivity contribution is 9.10. The summed E-state index contributed by atoms with van der Waals surface area (Å²) < 4.78 is 0.988. The van der Waals surface area contributed by atoms with Crippen LogP contribution in [-0.2, 0) is 0 Å². The second-order valence-electron chi connectivity index (χ2n) is 5.69. The van der Waals surface area contributed by atoms with Crippen LogP contribution in [0, 0.1) is 0 Å². The Morgan fingerprint density at radius 1 is 1.05 bits per heavy atom. The number of benzene rings is 2. The van der Waals surface area contributed by atoms with Gasteiger partial charge in [0.05, 0.1) is 6.04 Å². The van der Waals surface area contributed by atoms with E-state index in [0.29, 0.717) is 0 Å². The van der Waals surface area contributed by atoms with Crippen molar-refractivity contribution in [2.75, 3.05) is 26.7 Å². The van der Waals surface area contributed by atoms with Crippen molar-refractivity contribution in [3.05, 3.63) is 70.2 Å². The zero-order valence-corrected chi connectivity index (χ0v) is 14.2. The molecule has 0 radical (unpaired) electrons. The molecule has 2 aromatic rings. The summed E-state index contributed by atoms with van der Waals surface area (Å²) in [6.45, 7) is 2.53. The van der Waals surface area contributed by atoms with Crippen LogP contribution in [0.3, 0.4) is 0 Å². The third-order valence-corrected chi connectivity index (χ3v) is 4.65. The first-order chi connectivity index (χ1) is 10.6. The predicted molar refractivity (Wildman–Crippen MR) is 91.9 cm³/mol. The summed E-state index contributed by atoms with van der Waals surface area (Å²) in [7, 11) is 2.11. The van der Waals surface area contributed by atoms with E-state index in [9.17, 15) is 4.79 Å². The Kier molecular flexibility index (Phi) is 4.60. The second kappa shape index (κ2) is 6.63. The van der Waals surface area contributed by atoms with E-state index < -0.39 is 0 Å². The van der Waals surface area contributed by atoms with Gasteiger partial charge in [-0.3, -0.25) is 4.79 Å². The maximum Gasteiger partial charge on any atom is 0.254 e. The van der Waals surface area contributed by atoms with Gasteiger partial charge in [-0.05, 0) is 36.9 Å². The zero-order chi connectivity index (χ0) is 15.5. The third kappa shape index (κ3) is 3.23. The van der Waals surface area contributed by atoms with Gasteiger partial charge in [-0.25, -0.2) is 0 Å². The molecule has 22 heavy (non-hydrogen) atoms. The Hall–Kier alpha value is -1.65. The van der Waals surface area contributed by atoms with E-state index in [2.05, 4.69) is 40.0 Å². The molecule has 1 atom stereocenters. The van der Waals surface area contributed by atoms with Crippen LogP contribution in [0.4, 0.5) is 0 Å². The molecule has 0 bridgehead atoms. The molecule has 1 aliphatic rings. The predicted octanol–water partition coefficient (Wildman–Crippen LogP) is 3.58. The van der Waals surface area contributed by atoms with Gasteiger partial charge in [0, 0.05) is 29.7 Å². The van der Waals surface area contributed by atoms with Crippen LogP contribution in [0.25, 0.3) is 0 Å². The van der Waals surface area contributed by atoms with Gasteiger partial charge in [-0.15, -0.1) is 0 Å². The Morgan fingerprint density at radius 3 is 2.41 bits per heavy atom. The Labute approximate surface area is 139 Å². The van der Waals surface area contributed by atoms with Gasteiger partial charge in [-0.2, -0.15) is 0 Å². The largest absolute Gasteiger partial charge is 0.329 e. The first kappa shape index (κ1) is 15.3. The lowest BCUT2D eigenvalue weighted by Crippen LogP contribution is -2.49. The van der Waals surface area contributed by atoms with Gasteiger partial charge in [0.1, 0.15) is 0 Å². The molecule has 0 unspecified atom stereocenters. The minimum atomic E-state index is 0.106. The highest BCUT2D eigenvalue weighted by Crippen LogP contribution is 2.26. The summed E-state index contributed by atoms with van der Waals surface area (Å²) in [4.78, 5) is 17.2. The molecule has 4 heteroatoms. The fourth-order valence-corrected chi connectivity index (χ4v) is 3.15. The Bertz CT molecular complexity index is 642. The Morgan fingerprint density at radius 2 is 1.73 bits per heavy atom. The molecule has 0 aromatic heterocycles. The number of hydrogen-bond donors (Lipinski definition) is 0. The van der Waals surface area contributed by atoms with Crippen molar-refractivity contribution in [3.8, 4) is 0 Å². The van der Waals surface area contributed by atoms with Crippen LogP contribution in [0.2, 0.25) is 0 Å². The van der Waals surface area contributed by atoms with E-state index in [1.807, 2.05) is 47.4 Å². The number of carbonyl (C=O) groups excluding carboxylic acids is 1. The van der Waals surface area contributed by atoms with Crippen molar-refractivity contribution in [2.24, 2.45) is 0 Å². The van der Waals surface area contributed by atoms with Crippen LogP contribution in [0.5, 0.6) is 0 Å². The minimum Gasteiger partial charge on any atom is -0.329 e. The normalized spacial score (nSPS) is 19.2. The smallest absolute Gasteiger partial charge is 0.254 e. The van der Waals surface area contributed by atoms with Crippen LogP contribution in [-0.4, -0.2) is 42.4 Å². The molecule has 1 fully saturated rings. The first-order valence-corrected chi connectivity index (χ1v) is 8.24. The highest BCUT2D eigenvalue weighted by Gasteiger charge is 2.30. The van der Waals surface area contributed by atoms with E-state index in [1.54, 1.807) is 0 Å². The molecule has 0 spiro atoms. The maximum atomic E-state index is 12.9. The summed E-state index contributed by atoms with van der Waals surface area (Å²) in [5.74, 6) is 0.106. The number of amides is 1. The summed E-state index contributed by atoms with van der Waals surface area (Å²) in [6, 6.07) is 18.0.